The number of halogens is 1. The van der Waals surface area contributed by atoms with E-state index in [0.717, 1.165) is 16.5 Å². The van der Waals surface area contributed by atoms with Crippen molar-refractivity contribution in [3.05, 3.63) is 28.2 Å². The van der Waals surface area contributed by atoms with E-state index < -0.39 is 10.8 Å². The Kier molecular flexibility index (Phi) is 4.80. The van der Waals surface area contributed by atoms with Crippen LogP contribution in [-0.4, -0.2) is 9.46 Å². The molecule has 1 aromatic carbocycles. The number of nitrogens with two attached hydrogens (primary N) is 1. The van der Waals surface area contributed by atoms with Crippen LogP contribution in [-0.2, 0) is 16.6 Å². The van der Waals surface area contributed by atoms with Crippen LogP contribution in [0.3, 0.4) is 0 Å². The molecule has 2 N–H and O–H groups in total. The number of anilines is 1. The predicted molar refractivity (Wildman–Crippen MR) is 70.2 cm³/mol. The number of rotatable bonds is 4. The smallest absolute Gasteiger partial charge is 0.0489 e. The minimum absolute atomic E-state index is 0.245. The molecule has 1 aromatic rings. The van der Waals surface area contributed by atoms with Crippen LogP contribution in [0.4, 0.5) is 5.69 Å². The highest BCUT2D eigenvalue weighted by Gasteiger charge is 2.09. The van der Waals surface area contributed by atoms with Gasteiger partial charge in [0.25, 0.3) is 0 Å². The first-order chi connectivity index (χ1) is 7.04. The van der Waals surface area contributed by atoms with Gasteiger partial charge in [-0.1, -0.05) is 19.9 Å². The van der Waals surface area contributed by atoms with Crippen LogP contribution in [0, 0.1) is 0 Å². The van der Waals surface area contributed by atoms with Gasteiger partial charge in [-0.2, -0.15) is 0 Å². The molecule has 1 rings (SSSR count). The molecule has 0 fully saturated rings. The zero-order valence-corrected chi connectivity index (χ0v) is 11.4. The fourth-order valence-corrected chi connectivity index (χ4v) is 2.59. The van der Waals surface area contributed by atoms with Crippen LogP contribution in [0.2, 0.25) is 0 Å². The van der Waals surface area contributed by atoms with Gasteiger partial charge in [0, 0.05) is 32.0 Å². The Balaban J connectivity index is 2.73. The average molecular weight is 290 g/mol. The molecule has 2 atom stereocenters. The summed E-state index contributed by atoms with van der Waals surface area (Å²) in [6.07, 6.45) is 0.943. The Morgan fingerprint density at radius 3 is 2.73 bits per heavy atom. The number of hydrogen-bond donors (Lipinski definition) is 1. The van der Waals surface area contributed by atoms with Crippen molar-refractivity contribution in [2.45, 2.75) is 31.3 Å². The molecular weight excluding hydrogens is 274 g/mol. The van der Waals surface area contributed by atoms with Crippen LogP contribution in [0.15, 0.2) is 22.7 Å². The third-order valence-corrected chi connectivity index (χ3v) is 4.96. The largest absolute Gasteiger partial charge is 0.398 e. The van der Waals surface area contributed by atoms with Gasteiger partial charge in [-0.3, -0.25) is 4.21 Å². The standard InChI is InChI=1S/C11H16BrNOS/c1-3-8(2)15(14)7-9-4-5-10(12)11(13)6-9/h4-6,8H,3,7,13H2,1-2H3. The highest BCUT2D eigenvalue weighted by atomic mass is 79.9. The first-order valence-electron chi connectivity index (χ1n) is 4.95. The molecule has 0 saturated carbocycles. The highest BCUT2D eigenvalue weighted by Crippen LogP contribution is 2.21. The van der Waals surface area contributed by atoms with E-state index in [1.807, 2.05) is 25.1 Å². The normalized spacial score (nSPS) is 14.9. The van der Waals surface area contributed by atoms with Crippen molar-refractivity contribution >= 4 is 32.4 Å². The molecular formula is C11H16BrNOS. The first-order valence-corrected chi connectivity index (χ1v) is 7.13. The summed E-state index contributed by atoms with van der Waals surface area (Å²) >= 11 is 3.34. The summed E-state index contributed by atoms with van der Waals surface area (Å²) in [6.45, 7) is 4.07. The summed E-state index contributed by atoms with van der Waals surface area (Å²) in [5.74, 6) is 0.590. The van der Waals surface area contributed by atoms with Gasteiger partial charge in [0.05, 0.1) is 0 Å². The third-order valence-electron chi connectivity index (χ3n) is 2.39. The van der Waals surface area contributed by atoms with Gasteiger partial charge in [0.1, 0.15) is 0 Å². The lowest BCUT2D eigenvalue weighted by atomic mass is 10.2. The fraction of sp³-hybridized carbons (Fsp3) is 0.455. The molecule has 0 radical (unpaired) electrons. The van der Waals surface area contributed by atoms with E-state index in [0.29, 0.717) is 11.4 Å². The first kappa shape index (κ1) is 12.7. The summed E-state index contributed by atoms with van der Waals surface area (Å²) in [7, 11) is -0.802. The van der Waals surface area contributed by atoms with Gasteiger partial charge >= 0.3 is 0 Å². The monoisotopic (exact) mass is 289 g/mol. The summed E-state index contributed by atoms with van der Waals surface area (Å²) < 4.78 is 12.7. The molecule has 0 saturated heterocycles. The lowest BCUT2D eigenvalue weighted by Gasteiger charge is -2.09. The van der Waals surface area contributed by atoms with Gasteiger partial charge in [0.2, 0.25) is 0 Å². The maximum atomic E-state index is 11.8. The minimum Gasteiger partial charge on any atom is -0.398 e. The molecule has 0 heterocycles. The van der Waals surface area contributed by atoms with Crippen LogP contribution in [0.1, 0.15) is 25.8 Å². The third kappa shape index (κ3) is 3.61. The maximum absolute atomic E-state index is 11.8. The van der Waals surface area contributed by atoms with E-state index >= 15 is 0 Å². The summed E-state index contributed by atoms with van der Waals surface area (Å²) in [5, 5.41) is 0.245. The van der Waals surface area contributed by atoms with Gasteiger partial charge in [-0.25, -0.2) is 0 Å². The molecule has 2 nitrogen and oxygen atoms in total. The van der Waals surface area contributed by atoms with Gasteiger partial charge in [0.15, 0.2) is 0 Å². The van der Waals surface area contributed by atoms with E-state index in [9.17, 15) is 4.21 Å². The quantitative estimate of drug-likeness (QED) is 0.866. The fourth-order valence-electron chi connectivity index (χ4n) is 1.18. The molecule has 0 aliphatic heterocycles. The molecule has 0 amide bonds. The van der Waals surface area contributed by atoms with Gasteiger partial charge < -0.3 is 5.73 Å². The second-order valence-electron chi connectivity index (χ2n) is 3.60. The Morgan fingerprint density at radius 1 is 1.53 bits per heavy atom. The second-order valence-corrected chi connectivity index (χ2v) is 6.31. The van der Waals surface area contributed by atoms with Crippen molar-refractivity contribution in [1.82, 2.24) is 0 Å². The van der Waals surface area contributed by atoms with Crippen LogP contribution in [0.25, 0.3) is 0 Å². The molecule has 4 heteroatoms. The summed E-state index contributed by atoms with van der Waals surface area (Å²) in [4.78, 5) is 0. The summed E-state index contributed by atoms with van der Waals surface area (Å²) in [6, 6.07) is 5.74. The molecule has 0 aliphatic rings. The van der Waals surface area contributed by atoms with E-state index in [2.05, 4.69) is 22.9 Å². The zero-order chi connectivity index (χ0) is 11.4. The van der Waals surface area contributed by atoms with E-state index in [-0.39, 0.29) is 5.25 Å². The van der Waals surface area contributed by atoms with E-state index in [1.165, 1.54) is 0 Å². The van der Waals surface area contributed by atoms with Gasteiger partial charge in [-0.15, -0.1) is 0 Å². The van der Waals surface area contributed by atoms with Crippen molar-refractivity contribution in [1.29, 1.82) is 0 Å². The Morgan fingerprint density at radius 2 is 2.20 bits per heavy atom. The zero-order valence-electron chi connectivity index (χ0n) is 9.00. The Bertz CT molecular complexity index is 368. The SMILES string of the molecule is CCC(C)S(=O)Cc1ccc(Br)c(N)c1. The molecule has 0 bridgehead atoms. The molecule has 2 unspecified atom stereocenters. The minimum atomic E-state index is -0.802. The predicted octanol–water partition coefficient (Wildman–Crippen LogP) is 3.08. The van der Waals surface area contributed by atoms with Gasteiger partial charge in [-0.05, 0) is 40.0 Å². The van der Waals surface area contributed by atoms with Crippen molar-refractivity contribution < 1.29 is 4.21 Å². The topological polar surface area (TPSA) is 43.1 Å². The number of nitrogen functional groups attached to an aromatic ring is 1. The van der Waals surface area contributed by atoms with Crippen molar-refractivity contribution in [2.75, 3.05) is 5.73 Å². The average Bonchev–Trinajstić information content (AvgIpc) is 2.22. The lowest BCUT2D eigenvalue weighted by Crippen LogP contribution is -2.11. The Hall–Kier alpha value is -0.350. The Labute approximate surface area is 102 Å². The lowest BCUT2D eigenvalue weighted by molar-refractivity contribution is 0.669. The van der Waals surface area contributed by atoms with Crippen molar-refractivity contribution in [3.63, 3.8) is 0 Å². The second kappa shape index (κ2) is 5.66. The van der Waals surface area contributed by atoms with E-state index in [1.54, 1.807) is 0 Å². The van der Waals surface area contributed by atoms with Crippen LogP contribution < -0.4 is 5.73 Å². The van der Waals surface area contributed by atoms with E-state index in [4.69, 9.17) is 5.73 Å². The molecule has 0 spiro atoms. The summed E-state index contributed by atoms with van der Waals surface area (Å²) in [5.41, 5.74) is 7.50. The highest BCUT2D eigenvalue weighted by molar-refractivity contribution is 9.10. The van der Waals surface area contributed by atoms with Crippen LogP contribution >= 0.6 is 15.9 Å². The molecule has 0 aliphatic carbocycles. The maximum Gasteiger partial charge on any atom is 0.0489 e. The number of benzene rings is 1. The number of hydrogen-bond acceptors (Lipinski definition) is 2. The van der Waals surface area contributed by atoms with Crippen molar-refractivity contribution in [3.8, 4) is 0 Å². The van der Waals surface area contributed by atoms with Crippen molar-refractivity contribution in [2.24, 2.45) is 0 Å². The molecule has 0 aromatic heterocycles. The molecule has 15 heavy (non-hydrogen) atoms. The van der Waals surface area contributed by atoms with Crippen LogP contribution in [0.5, 0.6) is 0 Å². The molecule has 84 valence electrons.